The lowest BCUT2D eigenvalue weighted by Gasteiger charge is -2.23. The fourth-order valence-corrected chi connectivity index (χ4v) is 3.34. The zero-order chi connectivity index (χ0) is 22.9. The van der Waals surface area contributed by atoms with Crippen LogP contribution in [0.5, 0.6) is 28.7 Å². The zero-order valence-electron chi connectivity index (χ0n) is 17.6. The van der Waals surface area contributed by atoms with Crippen molar-refractivity contribution in [3.05, 3.63) is 73.3 Å². The first-order valence-electron chi connectivity index (χ1n) is 9.18. The maximum absolute atomic E-state index is 12.3. The topological polar surface area (TPSA) is 129 Å². The molecule has 0 saturated carbocycles. The Balaban J connectivity index is 2.51. The number of ether oxygens (including phenoxy) is 3. The molecule has 164 valence electrons. The second-order valence-corrected chi connectivity index (χ2v) is 6.75. The first kappa shape index (κ1) is 21.8. The van der Waals surface area contributed by atoms with Gasteiger partial charge in [-0.25, -0.2) is 0 Å². The molecule has 0 aliphatic carbocycles. The molecule has 0 fully saturated rings. The molecule has 0 spiro atoms. The van der Waals surface area contributed by atoms with Crippen molar-refractivity contribution in [2.24, 2.45) is 0 Å². The summed E-state index contributed by atoms with van der Waals surface area (Å²) in [6.07, 6.45) is 0. The van der Waals surface area contributed by atoms with Crippen molar-refractivity contribution in [3.63, 3.8) is 0 Å². The highest BCUT2D eigenvalue weighted by Crippen LogP contribution is 2.48. The molecule has 0 saturated heterocycles. The van der Waals surface area contributed by atoms with Crippen LogP contribution in [0.2, 0.25) is 0 Å². The second-order valence-electron chi connectivity index (χ2n) is 6.75. The molecule has 0 amide bonds. The van der Waals surface area contributed by atoms with Crippen molar-refractivity contribution >= 4 is 0 Å². The van der Waals surface area contributed by atoms with E-state index >= 15 is 0 Å². The van der Waals surface area contributed by atoms with Crippen LogP contribution in [0.4, 0.5) is 0 Å². The summed E-state index contributed by atoms with van der Waals surface area (Å²) in [5, 5.41) is 21.1. The summed E-state index contributed by atoms with van der Waals surface area (Å²) in [5.74, 6) is -1.96. The number of aryl methyl sites for hydroxylation is 2. The van der Waals surface area contributed by atoms with Crippen molar-refractivity contribution in [2.75, 3.05) is 21.3 Å². The highest BCUT2D eigenvalue weighted by Gasteiger charge is 2.36. The van der Waals surface area contributed by atoms with Gasteiger partial charge in [0.05, 0.1) is 26.9 Å². The van der Waals surface area contributed by atoms with Gasteiger partial charge in [0.2, 0.25) is 22.4 Å². The van der Waals surface area contributed by atoms with Crippen LogP contribution in [-0.2, 0) is 0 Å². The molecule has 0 bridgehead atoms. The summed E-state index contributed by atoms with van der Waals surface area (Å²) < 4.78 is 27.6. The van der Waals surface area contributed by atoms with Gasteiger partial charge >= 0.3 is 0 Å². The molecular weight excluding hydrogens is 408 g/mol. The van der Waals surface area contributed by atoms with Crippen molar-refractivity contribution < 1.29 is 33.3 Å². The molecule has 3 rings (SSSR count). The van der Waals surface area contributed by atoms with Gasteiger partial charge in [0.25, 0.3) is 0 Å². The molecule has 0 aliphatic rings. The lowest BCUT2D eigenvalue weighted by atomic mass is 9.90. The lowest BCUT2D eigenvalue weighted by Crippen LogP contribution is -2.15. The molecule has 2 heterocycles. The molecule has 31 heavy (non-hydrogen) atoms. The van der Waals surface area contributed by atoms with Gasteiger partial charge in [-0.2, -0.15) is 0 Å². The number of hydrogen-bond acceptors (Lipinski definition) is 9. The van der Waals surface area contributed by atoms with Crippen molar-refractivity contribution in [1.29, 1.82) is 0 Å². The van der Waals surface area contributed by atoms with Crippen LogP contribution in [0.3, 0.4) is 0 Å². The van der Waals surface area contributed by atoms with E-state index in [1.807, 2.05) is 0 Å². The summed E-state index contributed by atoms with van der Waals surface area (Å²) in [4.78, 5) is 24.6. The molecular formula is C22H22O9. The summed E-state index contributed by atoms with van der Waals surface area (Å²) in [6, 6.07) is 5.32. The average molecular weight is 430 g/mol. The molecule has 3 aromatic rings. The zero-order valence-corrected chi connectivity index (χ0v) is 17.6. The molecule has 0 radical (unpaired) electrons. The number of methoxy groups -OCH3 is 3. The fourth-order valence-electron chi connectivity index (χ4n) is 3.34. The van der Waals surface area contributed by atoms with Crippen LogP contribution < -0.4 is 25.1 Å². The quantitative estimate of drug-likeness (QED) is 0.606. The lowest BCUT2D eigenvalue weighted by molar-refractivity contribution is 0.329. The molecule has 0 atom stereocenters. The molecule has 0 unspecified atom stereocenters. The molecule has 0 aliphatic heterocycles. The van der Waals surface area contributed by atoms with E-state index < -0.39 is 28.3 Å². The summed E-state index contributed by atoms with van der Waals surface area (Å²) in [5.41, 5.74) is -1.17. The maximum atomic E-state index is 12.3. The van der Waals surface area contributed by atoms with Gasteiger partial charge in [-0.1, -0.05) is 0 Å². The summed E-state index contributed by atoms with van der Waals surface area (Å²) >= 11 is 0. The van der Waals surface area contributed by atoms with Crippen molar-refractivity contribution in [3.8, 4) is 28.7 Å². The van der Waals surface area contributed by atoms with Crippen molar-refractivity contribution in [1.82, 2.24) is 0 Å². The monoisotopic (exact) mass is 430 g/mol. The summed E-state index contributed by atoms with van der Waals surface area (Å²) in [6.45, 7) is 3.05. The van der Waals surface area contributed by atoms with E-state index in [4.69, 9.17) is 23.0 Å². The Morgan fingerprint density at radius 1 is 0.742 bits per heavy atom. The van der Waals surface area contributed by atoms with Crippen LogP contribution in [-0.4, -0.2) is 31.5 Å². The first-order valence-corrected chi connectivity index (χ1v) is 9.18. The molecule has 1 aromatic carbocycles. The SMILES string of the molecule is COc1cc(OC)c(C(c2oc(C)cc(=O)c2O)c2oc(C)cc(=O)c2O)c(OC)c1. The van der Waals surface area contributed by atoms with Gasteiger partial charge in [-0.05, 0) is 13.8 Å². The Hall–Kier alpha value is -3.88. The van der Waals surface area contributed by atoms with Gasteiger partial charge in [0.1, 0.15) is 34.7 Å². The predicted octanol–water partition coefficient (Wildman–Crippen LogP) is 2.83. The fraction of sp³-hybridized carbons (Fsp3) is 0.273. The smallest absolute Gasteiger partial charge is 0.227 e. The number of hydrogen-bond donors (Lipinski definition) is 2. The average Bonchev–Trinajstić information content (AvgIpc) is 2.74. The Morgan fingerprint density at radius 3 is 1.52 bits per heavy atom. The van der Waals surface area contributed by atoms with Crippen molar-refractivity contribution in [2.45, 2.75) is 19.8 Å². The number of benzene rings is 1. The largest absolute Gasteiger partial charge is 0.502 e. The normalized spacial score (nSPS) is 10.9. The van der Waals surface area contributed by atoms with Gasteiger partial charge in [0.15, 0.2) is 11.5 Å². The van der Waals surface area contributed by atoms with E-state index in [1.54, 1.807) is 12.1 Å². The van der Waals surface area contributed by atoms with Crippen LogP contribution >= 0.6 is 0 Å². The third-order valence-electron chi connectivity index (χ3n) is 4.71. The molecule has 2 aromatic heterocycles. The molecule has 2 N–H and O–H groups in total. The van der Waals surface area contributed by atoms with E-state index in [-0.39, 0.29) is 40.1 Å². The second kappa shape index (κ2) is 8.47. The Morgan fingerprint density at radius 2 is 1.16 bits per heavy atom. The minimum absolute atomic E-state index is 0.198. The van der Waals surface area contributed by atoms with Crippen LogP contribution in [0.15, 0.2) is 42.7 Å². The van der Waals surface area contributed by atoms with E-state index in [0.29, 0.717) is 5.75 Å². The Bertz CT molecular complexity index is 1150. The van der Waals surface area contributed by atoms with Gasteiger partial charge < -0.3 is 33.3 Å². The van der Waals surface area contributed by atoms with E-state index in [1.165, 1.54) is 35.2 Å². The predicted molar refractivity (Wildman–Crippen MR) is 110 cm³/mol. The minimum Gasteiger partial charge on any atom is -0.502 e. The molecule has 9 nitrogen and oxygen atoms in total. The first-order chi connectivity index (χ1) is 14.7. The Kier molecular flexibility index (Phi) is 5.96. The van der Waals surface area contributed by atoms with Gasteiger partial charge in [-0.15, -0.1) is 0 Å². The van der Waals surface area contributed by atoms with Crippen LogP contribution in [0, 0.1) is 13.8 Å². The standard InChI is InChI=1S/C22H22O9/c1-10-6-13(23)19(25)21(30-10)18(22-20(26)14(24)7-11(2)31-22)17-15(28-4)8-12(27-3)9-16(17)29-5/h6-9,18,25-26H,1-5H3. The summed E-state index contributed by atoms with van der Waals surface area (Å²) in [7, 11) is 4.25. The highest BCUT2D eigenvalue weighted by atomic mass is 16.5. The van der Waals surface area contributed by atoms with Crippen LogP contribution in [0.1, 0.15) is 34.5 Å². The van der Waals surface area contributed by atoms with Crippen LogP contribution in [0.25, 0.3) is 0 Å². The maximum Gasteiger partial charge on any atom is 0.227 e. The minimum atomic E-state index is -1.27. The number of rotatable bonds is 6. The third-order valence-corrected chi connectivity index (χ3v) is 4.71. The van der Waals surface area contributed by atoms with E-state index in [2.05, 4.69) is 0 Å². The van der Waals surface area contributed by atoms with Gasteiger partial charge in [-0.3, -0.25) is 9.59 Å². The van der Waals surface area contributed by atoms with E-state index in [9.17, 15) is 19.8 Å². The highest BCUT2D eigenvalue weighted by molar-refractivity contribution is 5.59. The Labute approximate surface area is 177 Å². The molecule has 9 heteroatoms. The number of aromatic hydroxyl groups is 2. The van der Waals surface area contributed by atoms with E-state index in [0.717, 1.165) is 12.1 Å². The van der Waals surface area contributed by atoms with Gasteiger partial charge in [0, 0.05) is 24.3 Å². The third kappa shape index (κ3) is 3.94.